The van der Waals surface area contributed by atoms with E-state index in [1.54, 1.807) is 7.11 Å². The zero-order chi connectivity index (χ0) is 26.0. The Labute approximate surface area is 231 Å². The van der Waals surface area contributed by atoms with Gasteiger partial charge >= 0.3 is 5.97 Å². The van der Waals surface area contributed by atoms with Gasteiger partial charge in [-0.2, -0.15) is 0 Å². The van der Waals surface area contributed by atoms with Crippen molar-refractivity contribution in [2.45, 2.75) is 23.5 Å². The molecule has 0 bridgehead atoms. The predicted octanol–water partition coefficient (Wildman–Crippen LogP) is 6.06. The number of benzene rings is 3. The van der Waals surface area contributed by atoms with Crippen LogP contribution in [-0.2, 0) is 26.6 Å². The summed E-state index contributed by atoms with van der Waals surface area (Å²) < 4.78 is 28.4. The number of esters is 1. The van der Waals surface area contributed by atoms with Crippen LogP contribution < -0.4 is 18.9 Å². The first-order chi connectivity index (χ1) is 18.7. The van der Waals surface area contributed by atoms with Crippen LogP contribution in [0.4, 0.5) is 0 Å². The van der Waals surface area contributed by atoms with E-state index in [2.05, 4.69) is 12.1 Å². The first-order valence-electron chi connectivity index (χ1n) is 12.8. The Balaban J connectivity index is 1.25. The summed E-state index contributed by atoms with van der Waals surface area (Å²) in [4.78, 5) is 13.1. The van der Waals surface area contributed by atoms with E-state index in [1.165, 1.54) is 0 Å². The Morgan fingerprint density at radius 3 is 2.53 bits per heavy atom. The molecule has 3 aromatic rings. The van der Waals surface area contributed by atoms with E-state index in [4.69, 9.17) is 23.7 Å². The molecule has 0 saturated carbocycles. The van der Waals surface area contributed by atoms with Gasteiger partial charge in [-0.15, -0.1) is 23.5 Å². The number of hydrogen-bond acceptors (Lipinski definition) is 8. The van der Waals surface area contributed by atoms with Gasteiger partial charge in [-0.05, 0) is 65.3 Å². The van der Waals surface area contributed by atoms with Crippen LogP contribution in [0.2, 0.25) is 0 Å². The minimum absolute atomic E-state index is 0.0191. The van der Waals surface area contributed by atoms with Crippen LogP contribution in [0.25, 0.3) is 0 Å². The number of fused-ring (bicyclic) bond motifs is 1. The van der Waals surface area contributed by atoms with E-state index in [9.17, 15) is 4.79 Å². The zero-order valence-electron chi connectivity index (χ0n) is 21.2. The lowest BCUT2D eigenvalue weighted by Gasteiger charge is -2.42. The molecule has 0 unspecified atom stereocenters. The summed E-state index contributed by atoms with van der Waals surface area (Å²) in [5.41, 5.74) is 3.27. The fourth-order valence-corrected chi connectivity index (χ4v) is 9.04. The average Bonchev–Trinajstić information content (AvgIpc) is 3.59. The Morgan fingerprint density at radius 1 is 0.895 bits per heavy atom. The standard InChI is InChI=1S/C30H30O6S2/c1-32-27-15-21(8-10-25(27)33-17-20-6-3-2-4-7-20)14-23-24(18-34-29(23)31)30(37-12-5-13-38-30)22-9-11-26-28(16-22)36-19-35-26/h2-4,6-11,15-16,23-24H,5,12-14,17-19H2,1H3/t23-,24+/m1/s1. The number of methoxy groups -OCH3 is 1. The molecule has 6 rings (SSSR count). The van der Waals surface area contributed by atoms with Crippen LogP contribution in [-0.4, -0.2) is 38.0 Å². The highest BCUT2D eigenvalue weighted by Gasteiger charge is 2.53. The van der Waals surface area contributed by atoms with Crippen molar-refractivity contribution in [1.82, 2.24) is 0 Å². The monoisotopic (exact) mass is 550 g/mol. The van der Waals surface area contributed by atoms with Crippen molar-refractivity contribution in [2.75, 3.05) is 32.0 Å². The lowest BCUT2D eigenvalue weighted by Crippen LogP contribution is -2.37. The Bertz CT molecular complexity index is 1290. The van der Waals surface area contributed by atoms with Crippen molar-refractivity contribution >= 4 is 29.5 Å². The second-order valence-electron chi connectivity index (χ2n) is 9.59. The SMILES string of the molecule is COc1cc(C[C@H]2C(=O)OC[C@@H]2C2(c3ccc4c(c3)OCO4)SCCCS2)ccc1OCc1ccccc1. The normalized spacial score (nSPS) is 21.7. The summed E-state index contributed by atoms with van der Waals surface area (Å²) in [6.45, 7) is 1.11. The van der Waals surface area contributed by atoms with Gasteiger partial charge in [0.15, 0.2) is 23.0 Å². The van der Waals surface area contributed by atoms with Crippen LogP contribution in [0.5, 0.6) is 23.0 Å². The number of thioether (sulfide) groups is 2. The van der Waals surface area contributed by atoms with Gasteiger partial charge in [0.05, 0.1) is 23.7 Å². The molecule has 3 heterocycles. The van der Waals surface area contributed by atoms with Crippen molar-refractivity contribution in [3.63, 3.8) is 0 Å². The zero-order valence-corrected chi connectivity index (χ0v) is 22.9. The fourth-order valence-electron chi connectivity index (χ4n) is 5.36. The van der Waals surface area contributed by atoms with Gasteiger partial charge in [0.2, 0.25) is 6.79 Å². The van der Waals surface area contributed by atoms with Gasteiger partial charge in [0, 0.05) is 5.92 Å². The molecule has 3 aromatic carbocycles. The maximum Gasteiger partial charge on any atom is 0.309 e. The van der Waals surface area contributed by atoms with Crippen molar-refractivity contribution < 1.29 is 28.5 Å². The third-order valence-electron chi connectivity index (χ3n) is 7.30. The summed E-state index contributed by atoms with van der Waals surface area (Å²) in [6, 6.07) is 22.2. The molecule has 8 heteroatoms. The molecule has 0 radical (unpaired) electrons. The highest BCUT2D eigenvalue weighted by molar-refractivity contribution is 8.18. The van der Waals surface area contributed by atoms with E-state index in [1.807, 2.05) is 78.1 Å². The lowest BCUT2D eigenvalue weighted by atomic mass is 9.84. The van der Waals surface area contributed by atoms with Crippen LogP contribution in [0.1, 0.15) is 23.1 Å². The lowest BCUT2D eigenvalue weighted by molar-refractivity contribution is -0.141. The van der Waals surface area contributed by atoms with Gasteiger partial charge in [-0.1, -0.05) is 42.5 Å². The van der Waals surface area contributed by atoms with Crippen LogP contribution >= 0.6 is 23.5 Å². The summed E-state index contributed by atoms with van der Waals surface area (Å²) in [5, 5.41) is 0. The van der Waals surface area contributed by atoms with Gasteiger partial charge < -0.3 is 23.7 Å². The summed E-state index contributed by atoms with van der Waals surface area (Å²) in [7, 11) is 1.64. The fraction of sp³-hybridized carbons (Fsp3) is 0.367. The van der Waals surface area contributed by atoms with Gasteiger partial charge in [0.25, 0.3) is 0 Å². The van der Waals surface area contributed by atoms with E-state index in [-0.39, 0.29) is 28.7 Å². The van der Waals surface area contributed by atoms with Gasteiger partial charge in [-0.3, -0.25) is 4.79 Å². The molecule has 198 valence electrons. The molecular weight excluding hydrogens is 520 g/mol. The molecule has 0 aromatic heterocycles. The third kappa shape index (κ3) is 4.92. The highest BCUT2D eigenvalue weighted by Crippen LogP contribution is 2.59. The Hall–Kier alpha value is -2.97. The number of hydrogen-bond donors (Lipinski definition) is 0. The Kier molecular flexibility index (Phi) is 7.34. The molecule has 2 fully saturated rings. The molecule has 3 aliphatic rings. The molecule has 38 heavy (non-hydrogen) atoms. The molecular formula is C30H30O6S2. The predicted molar refractivity (Wildman–Crippen MR) is 149 cm³/mol. The van der Waals surface area contributed by atoms with Crippen molar-refractivity contribution in [2.24, 2.45) is 11.8 Å². The van der Waals surface area contributed by atoms with Crippen molar-refractivity contribution in [1.29, 1.82) is 0 Å². The average molecular weight is 551 g/mol. The van der Waals surface area contributed by atoms with Crippen molar-refractivity contribution in [3.8, 4) is 23.0 Å². The smallest absolute Gasteiger partial charge is 0.309 e. The number of carbonyl (C=O) groups excluding carboxylic acids is 1. The number of carbonyl (C=O) groups is 1. The molecule has 3 aliphatic heterocycles. The minimum Gasteiger partial charge on any atom is -0.493 e. The molecule has 6 nitrogen and oxygen atoms in total. The summed E-state index contributed by atoms with van der Waals surface area (Å²) >= 11 is 3.85. The van der Waals surface area contributed by atoms with E-state index >= 15 is 0 Å². The molecule has 2 atom stereocenters. The maximum absolute atomic E-state index is 13.1. The maximum atomic E-state index is 13.1. The van der Waals surface area contributed by atoms with Crippen LogP contribution in [0, 0.1) is 11.8 Å². The number of cyclic esters (lactones) is 1. The second-order valence-corrected chi connectivity index (χ2v) is 12.5. The molecule has 0 amide bonds. The van der Waals surface area contributed by atoms with Gasteiger partial charge in [-0.25, -0.2) is 0 Å². The summed E-state index contributed by atoms with van der Waals surface area (Å²) in [5.74, 6) is 4.59. The van der Waals surface area contributed by atoms with Gasteiger partial charge in [0.1, 0.15) is 6.61 Å². The molecule has 0 spiro atoms. The van der Waals surface area contributed by atoms with Crippen LogP contribution in [0.15, 0.2) is 66.7 Å². The molecule has 0 aliphatic carbocycles. The highest BCUT2D eigenvalue weighted by atomic mass is 32.2. The first kappa shape index (κ1) is 25.3. The number of rotatable bonds is 8. The van der Waals surface area contributed by atoms with E-state index in [0.29, 0.717) is 31.1 Å². The largest absolute Gasteiger partial charge is 0.493 e. The molecule has 0 N–H and O–H groups in total. The summed E-state index contributed by atoms with van der Waals surface area (Å²) in [6.07, 6.45) is 1.72. The number of ether oxygens (including phenoxy) is 5. The quantitative estimate of drug-likeness (QED) is 0.314. The Morgan fingerprint density at radius 2 is 1.71 bits per heavy atom. The van der Waals surface area contributed by atoms with E-state index < -0.39 is 0 Å². The first-order valence-corrected chi connectivity index (χ1v) is 14.8. The van der Waals surface area contributed by atoms with Crippen molar-refractivity contribution in [3.05, 3.63) is 83.4 Å². The third-order valence-corrected chi connectivity index (χ3v) is 10.9. The minimum atomic E-state index is -0.293. The second kappa shape index (κ2) is 11.0. The van der Waals surface area contributed by atoms with E-state index in [0.717, 1.165) is 46.1 Å². The topological polar surface area (TPSA) is 63.2 Å². The molecule has 2 saturated heterocycles. The van der Waals surface area contributed by atoms with Crippen LogP contribution in [0.3, 0.4) is 0 Å².